The summed E-state index contributed by atoms with van der Waals surface area (Å²) in [5, 5.41) is 0. The lowest BCUT2D eigenvalue weighted by Crippen LogP contribution is -2.26. The van der Waals surface area contributed by atoms with E-state index in [9.17, 15) is 0 Å². The first-order chi connectivity index (χ1) is 13.8. The molecule has 28 heavy (non-hydrogen) atoms. The second kappa shape index (κ2) is 18.2. The highest BCUT2D eigenvalue weighted by Gasteiger charge is 2.02. The van der Waals surface area contributed by atoms with Gasteiger partial charge in [-0.15, -0.1) is 0 Å². The van der Waals surface area contributed by atoms with Crippen molar-refractivity contribution in [2.24, 2.45) is 0 Å². The zero-order valence-corrected chi connectivity index (χ0v) is 19.5. The zero-order chi connectivity index (χ0) is 20.3. The van der Waals surface area contributed by atoms with Gasteiger partial charge >= 0.3 is 0 Å². The van der Waals surface area contributed by atoms with E-state index in [0.717, 1.165) is 0 Å². The number of hydrogen-bond acceptors (Lipinski definition) is 1. The average molecular weight is 388 g/mol. The van der Waals surface area contributed by atoms with Crippen molar-refractivity contribution < 1.29 is 0 Å². The first-order valence-corrected chi connectivity index (χ1v) is 12.5. The van der Waals surface area contributed by atoms with Crippen molar-refractivity contribution in [1.82, 2.24) is 4.90 Å². The lowest BCUT2D eigenvalue weighted by atomic mass is 10.0. The monoisotopic (exact) mass is 387 g/mol. The van der Waals surface area contributed by atoms with E-state index in [1.807, 2.05) is 0 Å². The number of rotatable bonds is 19. The van der Waals surface area contributed by atoms with Gasteiger partial charge in [-0.2, -0.15) is 0 Å². The van der Waals surface area contributed by atoms with Crippen molar-refractivity contribution in [3.8, 4) is 0 Å². The molecule has 0 N–H and O–H groups in total. The van der Waals surface area contributed by atoms with Gasteiger partial charge in [0, 0.05) is 0 Å². The number of unbranched alkanes of at least 4 members (excludes halogenated alkanes) is 11. The SMILES string of the molecule is CCCN(CCC)CCCCCCCCCCCCCCc1ccccc1C. The molecule has 1 aromatic rings. The van der Waals surface area contributed by atoms with Crippen LogP contribution in [0.25, 0.3) is 0 Å². The standard InChI is InChI=1S/C27H49N/c1-4-23-28(24-5-2)25-19-15-13-11-9-7-6-8-10-12-14-16-21-27-22-18-17-20-26(27)3/h17-18,20,22H,4-16,19,21,23-25H2,1-3H3. The molecule has 0 aliphatic heterocycles. The van der Waals surface area contributed by atoms with Gasteiger partial charge in [0.1, 0.15) is 0 Å². The summed E-state index contributed by atoms with van der Waals surface area (Å²) >= 11 is 0. The molecular weight excluding hydrogens is 338 g/mol. The number of nitrogens with zero attached hydrogens (tertiary/aromatic N) is 1. The summed E-state index contributed by atoms with van der Waals surface area (Å²) in [6, 6.07) is 8.86. The summed E-state index contributed by atoms with van der Waals surface area (Å²) in [4.78, 5) is 2.65. The third kappa shape index (κ3) is 13.4. The van der Waals surface area contributed by atoms with E-state index in [0.29, 0.717) is 0 Å². The summed E-state index contributed by atoms with van der Waals surface area (Å²) in [6.45, 7) is 10.7. The molecule has 0 fully saturated rings. The van der Waals surface area contributed by atoms with Crippen LogP contribution < -0.4 is 0 Å². The quantitative estimate of drug-likeness (QED) is 0.216. The molecule has 0 saturated heterocycles. The Kier molecular flexibility index (Phi) is 16.4. The smallest absolute Gasteiger partial charge is 0.00187 e. The van der Waals surface area contributed by atoms with E-state index in [4.69, 9.17) is 0 Å². The van der Waals surface area contributed by atoms with Crippen LogP contribution in [0, 0.1) is 6.92 Å². The Morgan fingerprint density at radius 1 is 0.571 bits per heavy atom. The van der Waals surface area contributed by atoms with E-state index in [1.165, 1.54) is 122 Å². The minimum Gasteiger partial charge on any atom is -0.303 e. The van der Waals surface area contributed by atoms with Crippen molar-refractivity contribution in [2.45, 2.75) is 117 Å². The van der Waals surface area contributed by atoms with Crippen molar-refractivity contribution in [3.05, 3.63) is 35.4 Å². The van der Waals surface area contributed by atoms with Crippen molar-refractivity contribution in [3.63, 3.8) is 0 Å². The Morgan fingerprint density at radius 2 is 1.04 bits per heavy atom. The number of hydrogen-bond donors (Lipinski definition) is 0. The molecule has 0 spiro atoms. The van der Waals surface area contributed by atoms with Gasteiger partial charge in [0.15, 0.2) is 0 Å². The van der Waals surface area contributed by atoms with Gasteiger partial charge in [0.25, 0.3) is 0 Å². The predicted octanol–water partition coefficient (Wildman–Crippen LogP) is 8.34. The van der Waals surface area contributed by atoms with Crippen LogP contribution in [0.1, 0.15) is 115 Å². The highest BCUT2D eigenvalue weighted by molar-refractivity contribution is 5.25. The van der Waals surface area contributed by atoms with E-state index in [1.54, 1.807) is 5.56 Å². The summed E-state index contributed by atoms with van der Waals surface area (Å²) in [6.07, 6.45) is 21.1. The molecule has 0 aliphatic rings. The van der Waals surface area contributed by atoms with E-state index < -0.39 is 0 Å². The van der Waals surface area contributed by atoms with E-state index in [-0.39, 0.29) is 0 Å². The van der Waals surface area contributed by atoms with Gasteiger partial charge in [-0.1, -0.05) is 102 Å². The van der Waals surface area contributed by atoms with Crippen molar-refractivity contribution in [2.75, 3.05) is 19.6 Å². The Morgan fingerprint density at radius 3 is 1.54 bits per heavy atom. The molecule has 0 saturated carbocycles. The van der Waals surface area contributed by atoms with Crippen LogP contribution in [-0.2, 0) is 6.42 Å². The molecule has 1 nitrogen and oxygen atoms in total. The fraction of sp³-hybridized carbons (Fsp3) is 0.778. The maximum absolute atomic E-state index is 2.65. The fourth-order valence-corrected chi connectivity index (χ4v) is 4.28. The van der Waals surface area contributed by atoms with Crippen LogP contribution in [0.4, 0.5) is 0 Å². The molecule has 1 rings (SSSR count). The minimum atomic E-state index is 1.27. The van der Waals surface area contributed by atoms with Crippen molar-refractivity contribution in [1.29, 1.82) is 0 Å². The van der Waals surface area contributed by atoms with E-state index in [2.05, 4.69) is 49.9 Å². The summed E-state index contributed by atoms with van der Waals surface area (Å²) in [7, 11) is 0. The van der Waals surface area contributed by atoms with Crippen LogP contribution in [0.2, 0.25) is 0 Å². The van der Waals surface area contributed by atoms with E-state index >= 15 is 0 Å². The summed E-state index contributed by atoms with van der Waals surface area (Å²) < 4.78 is 0. The molecule has 1 heteroatoms. The summed E-state index contributed by atoms with van der Waals surface area (Å²) in [5.41, 5.74) is 3.01. The Labute approximate surface area is 177 Å². The Balaban J connectivity index is 1.81. The number of aryl methyl sites for hydroxylation is 2. The Bertz CT molecular complexity index is 447. The van der Waals surface area contributed by atoms with Gasteiger partial charge in [-0.05, 0) is 69.8 Å². The van der Waals surface area contributed by atoms with Crippen LogP contribution in [0.15, 0.2) is 24.3 Å². The van der Waals surface area contributed by atoms with Gasteiger partial charge in [0.2, 0.25) is 0 Å². The average Bonchev–Trinajstić information content (AvgIpc) is 2.69. The van der Waals surface area contributed by atoms with Gasteiger partial charge in [-0.3, -0.25) is 0 Å². The molecule has 0 atom stereocenters. The van der Waals surface area contributed by atoms with Crippen LogP contribution >= 0.6 is 0 Å². The molecule has 0 aliphatic carbocycles. The van der Waals surface area contributed by atoms with Gasteiger partial charge in [0.05, 0.1) is 0 Å². The zero-order valence-electron chi connectivity index (χ0n) is 19.5. The van der Waals surface area contributed by atoms with Crippen LogP contribution in [-0.4, -0.2) is 24.5 Å². The molecule has 0 bridgehead atoms. The molecule has 1 aromatic carbocycles. The summed E-state index contributed by atoms with van der Waals surface area (Å²) in [5.74, 6) is 0. The molecular formula is C27H49N. The highest BCUT2D eigenvalue weighted by atomic mass is 15.1. The molecule has 0 heterocycles. The third-order valence-corrected chi connectivity index (χ3v) is 6.01. The molecule has 162 valence electrons. The normalized spacial score (nSPS) is 11.4. The number of benzene rings is 1. The lowest BCUT2D eigenvalue weighted by molar-refractivity contribution is 0.267. The molecule has 0 unspecified atom stereocenters. The fourth-order valence-electron chi connectivity index (χ4n) is 4.28. The minimum absolute atomic E-state index is 1.27. The lowest BCUT2D eigenvalue weighted by Gasteiger charge is -2.20. The van der Waals surface area contributed by atoms with Crippen molar-refractivity contribution >= 4 is 0 Å². The van der Waals surface area contributed by atoms with Crippen LogP contribution in [0.3, 0.4) is 0 Å². The van der Waals surface area contributed by atoms with Gasteiger partial charge in [-0.25, -0.2) is 0 Å². The second-order valence-electron chi connectivity index (χ2n) is 8.76. The first-order valence-electron chi connectivity index (χ1n) is 12.5. The third-order valence-electron chi connectivity index (χ3n) is 6.01. The predicted molar refractivity (Wildman–Crippen MR) is 127 cm³/mol. The molecule has 0 radical (unpaired) electrons. The largest absolute Gasteiger partial charge is 0.303 e. The molecule has 0 aromatic heterocycles. The molecule has 0 amide bonds. The second-order valence-corrected chi connectivity index (χ2v) is 8.76. The van der Waals surface area contributed by atoms with Crippen LogP contribution in [0.5, 0.6) is 0 Å². The Hall–Kier alpha value is -0.820. The first kappa shape index (κ1) is 25.2. The maximum atomic E-state index is 2.65. The maximum Gasteiger partial charge on any atom is -0.00187 e. The van der Waals surface area contributed by atoms with Gasteiger partial charge < -0.3 is 4.90 Å². The topological polar surface area (TPSA) is 3.24 Å². The highest BCUT2D eigenvalue weighted by Crippen LogP contribution is 2.15.